The molecule has 1 aromatic heterocycles. The predicted molar refractivity (Wildman–Crippen MR) is 71.1 cm³/mol. The average molecular weight is 309 g/mol. The highest BCUT2D eigenvalue weighted by Crippen LogP contribution is 2.17. The van der Waals surface area contributed by atoms with E-state index < -0.39 is 0 Å². The second kappa shape index (κ2) is 5.77. The molecule has 2 rings (SSSR count). The van der Waals surface area contributed by atoms with E-state index in [-0.39, 0.29) is 5.91 Å². The zero-order valence-corrected chi connectivity index (χ0v) is 11.5. The van der Waals surface area contributed by atoms with Crippen LogP contribution in [0.25, 0.3) is 0 Å². The summed E-state index contributed by atoms with van der Waals surface area (Å²) in [7, 11) is 0. The van der Waals surface area contributed by atoms with Crippen molar-refractivity contribution < 1.29 is 4.79 Å². The van der Waals surface area contributed by atoms with Crippen molar-refractivity contribution in [1.82, 2.24) is 20.7 Å². The van der Waals surface area contributed by atoms with Crippen molar-refractivity contribution in [3.63, 3.8) is 0 Å². The Kier molecular flexibility index (Phi) is 4.09. The fourth-order valence-electron chi connectivity index (χ4n) is 1.64. The van der Waals surface area contributed by atoms with Crippen molar-refractivity contribution in [2.24, 2.45) is 0 Å². The Hall–Kier alpha value is -1.69. The number of carbonyl (C=O) groups is 1. The number of aromatic nitrogens is 3. The number of benzene rings is 1. The summed E-state index contributed by atoms with van der Waals surface area (Å²) in [5.74, 6) is -0.101. The quantitative estimate of drug-likeness (QED) is 0.908. The molecule has 0 unspecified atom stereocenters. The van der Waals surface area contributed by atoms with Gasteiger partial charge in [0, 0.05) is 10.0 Å². The number of amides is 1. The van der Waals surface area contributed by atoms with E-state index in [9.17, 15) is 4.79 Å². The molecular weight excluding hydrogens is 296 g/mol. The monoisotopic (exact) mass is 308 g/mol. The lowest BCUT2D eigenvalue weighted by atomic mass is 10.0. The minimum atomic E-state index is -0.101. The highest BCUT2D eigenvalue weighted by molar-refractivity contribution is 9.10. The maximum Gasteiger partial charge on any atom is 0.251 e. The molecule has 0 spiro atoms. The molecule has 2 aromatic rings. The van der Waals surface area contributed by atoms with E-state index in [0.29, 0.717) is 17.8 Å². The third kappa shape index (κ3) is 2.95. The van der Waals surface area contributed by atoms with Gasteiger partial charge in [-0.15, -0.1) is 0 Å². The first-order valence-corrected chi connectivity index (χ1v) is 6.41. The molecule has 0 aliphatic carbocycles. The highest BCUT2D eigenvalue weighted by Gasteiger charge is 2.11. The van der Waals surface area contributed by atoms with Gasteiger partial charge in [-0.25, -0.2) is 0 Å². The van der Waals surface area contributed by atoms with Crippen molar-refractivity contribution in [3.8, 4) is 0 Å². The zero-order valence-electron chi connectivity index (χ0n) is 9.90. The van der Waals surface area contributed by atoms with Crippen LogP contribution in [0, 0.1) is 0 Å². The predicted octanol–water partition coefficient (Wildman–Crippen LogP) is 2.06. The van der Waals surface area contributed by atoms with Crippen LogP contribution < -0.4 is 5.32 Å². The van der Waals surface area contributed by atoms with E-state index in [0.717, 1.165) is 16.5 Å². The topological polar surface area (TPSA) is 70.7 Å². The van der Waals surface area contributed by atoms with Gasteiger partial charge in [-0.05, 0) is 24.1 Å². The third-order valence-corrected chi connectivity index (χ3v) is 3.09. The maximum absolute atomic E-state index is 12.1. The summed E-state index contributed by atoms with van der Waals surface area (Å²) >= 11 is 3.38. The number of H-pyrrole nitrogens is 1. The van der Waals surface area contributed by atoms with Crippen LogP contribution in [0.15, 0.2) is 28.9 Å². The summed E-state index contributed by atoms with van der Waals surface area (Å²) in [6.45, 7) is 2.39. The average Bonchev–Trinajstić information content (AvgIpc) is 2.89. The molecule has 1 amide bonds. The maximum atomic E-state index is 12.1. The van der Waals surface area contributed by atoms with Gasteiger partial charge in [0.2, 0.25) is 0 Å². The molecule has 2 N–H and O–H groups in total. The Labute approximate surface area is 113 Å². The summed E-state index contributed by atoms with van der Waals surface area (Å²) in [5, 5.41) is 12.9. The first-order valence-electron chi connectivity index (χ1n) is 5.62. The van der Waals surface area contributed by atoms with E-state index in [1.165, 1.54) is 0 Å². The van der Waals surface area contributed by atoms with E-state index in [2.05, 4.69) is 36.7 Å². The molecule has 0 radical (unpaired) electrons. The number of hydrogen-bond acceptors (Lipinski definition) is 3. The van der Waals surface area contributed by atoms with Gasteiger partial charge in [-0.2, -0.15) is 15.4 Å². The Balaban J connectivity index is 2.10. The number of aryl methyl sites for hydroxylation is 1. The summed E-state index contributed by atoms with van der Waals surface area (Å²) in [4.78, 5) is 12.1. The van der Waals surface area contributed by atoms with Crippen LogP contribution in [0.2, 0.25) is 0 Å². The largest absolute Gasteiger partial charge is 0.346 e. The van der Waals surface area contributed by atoms with Crippen LogP contribution in [-0.4, -0.2) is 21.3 Å². The van der Waals surface area contributed by atoms with Gasteiger partial charge in [0.15, 0.2) is 0 Å². The fourth-order valence-corrected chi connectivity index (χ4v) is 2.01. The molecule has 0 fully saturated rings. The molecular formula is C12H13BrN4O. The van der Waals surface area contributed by atoms with Crippen molar-refractivity contribution in [3.05, 3.63) is 45.7 Å². The first-order chi connectivity index (χ1) is 8.70. The number of hydrogen-bond donors (Lipinski definition) is 2. The van der Waals surface area contributed by atoms with Crippen LogP contribution in [0.4, 0.5) is 0 Å². The molecule has 0 saturated heterocycles. The summed E-state index contributed by atoms with van der Waals surface area (Å²) in [6.07, 6.45) is 2.40. The van der Waals surface area contributed by atoms with Crippen LogP contribution in [0.3, 0.4) is 0 Å². The van der Waals surface area contributed by atoms with Crippen molar-refractivity contribution >= 4 is 21.8 Å². The number of halogens is 1. The molecule has 0 bridgehead atoms. The number of nitrogens with one attached hydrogen (secondary N) is 2. The van der Waals surface area contributed by atoms with Crippen LogP contribution in [0.1, 0.15) is 28.5 Å². The second-order valence-corrected chi connectivity index (χ2v) is 4.71. The van der Waals surface area contributed by atoms with Gasteiger partial charge in [-0.1, -0.05) is 28.9 Å². The van der Waals surface area contributed by atoms with E-state index in [4.69, 9.17) is 0 Å². The number of rotatable bonds is 4. The van der Waals surface area contributed by atoms with Gasteiger partial charge < -0.3 is 5.32 Å². The standard InChI is InChI=1S/C12H13BrN4O/c1-2-8-3-4-9(13)5-11(8)12(18)14-6-10-7-15-17-16-10/h3-5,7H,2,6H2,1H3,(H,14,18)(H,15,16,17). The highest BCUT2D eigenvalue weighted by atomic mass is 79.9. The van der Waals surface area contributed by atoms with Crippen molar-refractivity contribution in [1.29, 1.82) is 0 Å². The van der Waals surface area contributed by atoms with Gasteiger partial charge in [0.05, 0.1) is 12.7 Å². The normalized spacial score (nSPS) is 10.3. The molecule has 0 saturated carbocycles. The van der Waals surface area contributed by atoms with Gasteiger partial charge in [0.1, 0.15) is 5.69 Å². The first kappa shape index (κ1) is 12.8. The Morgan fingerprint density at radius 1 is 1.50 bits per heavy atom. The second-order valence-electron chi connectivity index (χ2n) is 3.80. The molecule has 1 aromatic carbocycles. The lowest BCUT2D eigenvalue weighted by Gasteiger charge is -2.08. The van der Waals surface area contributed by atoms with Gasteiger partial charge in [-0.3, -0.25) is 4.79 Å². The van der Waals surface area contributed by atoms with Gasteiger partial charge >= 0.3 is 0 Å². The Morgan fingerprint density at radius 3 is 3.00 bits per heavy atom. The molecule has 0 atom stereocenters. The molecule has 94 valence electrons. The molecule has 1 heterocycles. The van der Waals surface area contributed by atoms with Crippen molar-refractivity contribution in [2.45, 2.75) is 19.9 Å². The van der Waals surface area contributed by atoms with E-state index >= 15 is 0 Å². The molecule has 0 aliphatic rings. The molecule has 18 heavy (non-hydrogen) atoms. The zero-order chi connectivity index (χ0) is 13.0. The number of nitrogens with zero attached hydrogens (tertiary/aromatic N) is 2. The lowest BCUT2D eigenvalue weighted by molar-refractivity contribution is 0.0949. The number of carbonyl (C=O) groups excluding carboxylic acids is 1. The minimum absolute atomic E-state index is 0.101. The van der Waals surface area contributed by atoms with Gasteiger partial charge in [0.25, 0.3) is 5.91 Å². The van der Waals surface area contributed by atoms with Crippen LogP contribution >= 0.6 is 15.9 Å². The van der Waals surface area contributed by atoms with E-state index in [1.54, 1.807) is 6.20 Å². The van der Waals surface area contributed by atoms with E-state index in [1.807, 2.05) is 25.1 Å². The third-order valence-electron chi connectivity index (χ3n) is 2.59. The summed E-state index contributed by atoms with van der Waals surface area (Å²) < 4.78 is 0.895. The smallest absolute Gasteiger partial charge is 0.251 e. The van der Waals surface area contributed by atoms with Crippen LogP contribution in [-0.2, 0) is 13.0 Å². The summed E-state index contributed by atoms with van der Waals surface area (Å²) in [6, 6.07) is 5.72. The molecule has 5 nitrogen and oxygen atoms in total. The summed E-state index contributed by atoms with van der Waals surface area (Å²) in [5.41, 5.74) is 2.42. The Morgan fingerprint density at radius 2 is 2.33 bits per heavy atom. The minimum Gasteiger partial charge on any atom is -0.346 e. The van der Waals surface area contributed by atoms with Crippen LogP contribution in [0.5, 0.6) is 0 Å². The molecule has 0 aliphatic heterocycles. The Bertz CT molecular complexity index is 539. The SMILES string of the molecule is CCc1ccc(Br)cc1C(=O)NCc1cn[nH]n1. The lowest BCUT2D eigenvalue weighted by Crippen LogP contribution is -2.24. The number of aromatic amines is 1. The molecule has 6 heteroatoms. The van der Waals surface area contributed by atoms with Crippen molar-refractivity contribution in [2.75, 3.05) is 0 Å². The fraction of sp³-hybridized carbons (Fsp3) is 0.250.